The van der Waals surface area contributed by atoms with Crippen LogP contribution >= 0.6 is 11.3 Å². The smallest absolute Gasteiger partial charge is 0.176 e. The summed E-state index contributed by atoms with van der Waals surface area (Å²) in [6, 6.07) is 2.29. The van der Waals surface area contributed by atoms with Crippen LogP contribution in [0.15, 0.2) is 11.4 Å². The average molecular weight is 311 g/mol. The second-order valence-electron chi connectivity index (χ2n) is 6.12. The van der Waals surface area contributed by atoms with Crippen molar-refractivity contribution < 1.29 is 4.74 Å². The first kappa shape index (κ1) is 18.5. The summed E-state index contributed by atoms with van der Waals surface area (Å²) >= 11 is 1.75. The predicted octanol–water partition coefficient (Wildman–Crippen LogP) is 7.17. The maximum Gasteiger partial charge on any atom is 0.176 e. The summed E-state index contributed by atoms with van der Waals surface area (Å²) in [6.45, 7) is 4.57. The fourth-order valence-electron chi connectivity index (χ4n) is 3.04. The van der Waals surface area contributed by atoms with Crippen LogP contribution in [0.2, 0.25) is 0 Å². The second kappa shape index (κ2) is 12.1. The quantitative estimate of drug-likeness (QED) is 0.351. The van der Waals surface area contributed by atoms with E-state index in [9.17, 15) is 0 Å². The van der Waals surface area contributed by atoms with Crippen molar-refractivity contribution in [1.82, 2.24) is 0 Å². The van der Waals surface area contributed by atoms with E-state index in [0.717, 1.165) is 5.06 Å². The maximum atomic E-state index is 5.55. The maximum absolute atomic E-state index is 5.55. The molecule has 0 aliphatic carbocycles. The van der Waals surface area contributed by atoms with E-state index in [0.29, 0.717) is 5.92 Å². The highest BCUT2D eigenvalue weighted by Gasteiger charge is 2.16. The van der Waals surface area contributed by atoms with Gasteiger partial charge < -0.3 is 4.74 Å². The van der Waals surface area contributed by atoms with Crippen molar-refractivity contribution in [3.8, 4) is 5.06 Å². The Hall–Kier alpha value is -0.500. The average Bonchev–Trinajstić information content (AvgIpc) is 2.97. The second-order valence-corrected chi connectivity index (χ2v) is 7.00. The minimum Gasteiger partial charge on any atom is -0.487 e. The largest absolute Gasteiger partial charge is 0.487 e. The molecular formula is C19H34OS. The summed E-state index contributed by atoms with van der Waals surface area (Å²) < 4.78 is 5.55. The SMILES string of the molecule is CCCCCCCCC(CCCCC)c1ccsc1OC. The number of unbranched alkanes of at least 4 members (excludes halogenated alkanes) is 7. The first-order valence-electron chi connectivity index (χ1n) is 8.94. The molecule has 1 atom stereocenters. The van der Waals surface area contributed by atoms with Crippen molar-refractivity contribution in [3.05, 3.63) is 17.0 Å². The van der Waals surface area contributed by atoms with Crippen LogP contribution in [0.4, 0.5) is 0 Å². The Morgan fingerprint density at radius 1 is 0.905 bits per heavy atom. The molecule has 0 fully saturated rings. The molecule has 2 heteroatoms. The summed E-state index contributed by atoms with van der Waals surface area (Å²) in [5, 5.41) is 3.32. The van der Waals surface area contributed by atoms with Gasteiger partial charge in [-0.05, 0) is 30.2 Å². The number of ether oxygens (including phenoxy) is 1. The van der Waals surface area contributed by atoms with Crippen molar-refractivity contribution in [2.75, 3.05) is 7.11 Å². The highest BCUT2D eigenvalue weighted by Crippen LogP contribution is 2.37. The molecule has 0 N–H and O–H groups in total. The Balaban J connectivity index is 2.41. The Morgan fingerprint density at radius 2 is 1.48 bits per heavy atom. The van der Waals surface area contributed by atoms with Gasteiger partial charge in [-0.1, -0.05) is 71.6 Å². The highest BCUT2D eigenvalue weighted by atomic mass is 32.1. The van der Waals surface area contributed by atoms with Gasteiger partial charge in [-0.3, -0.25) is 0 Å². The molecule has 0 saturated heterocycles. The lowest BCUT2D eigenvalue weighted by Gasteiger charge is -2.17. The van der Waals surface area contributed by atoms with Crippen LogP contribution in [0.5, 0.6) is 5.06 Å². The van der Waals surface area contributed by atoms with Crippen LogP contribution in [0, 0.1) is 0 Å². The first-order chi connectivity index (χ1) is 10.3. The van der Waals surface area contributed by atoms with Gasteiger partial charge in [0.2, 0.25) is 0 Å². The third-order valence-electron chi connectivity index (χ3n) is 4.35. The molecule has 1 aromatic heterocycles. The lowest BCUT2D eigenvalue weighted by atomic mass is 9.89. The summed E-state index contributed by atoms with van der Waals surface area (Å²) in [4.78, 5) is 0. The Bertz CT molecular complexity index is 345. The molecule has 1 unspecified atom stereocenters. The molecule has 0 amide bonds. The molecule has 1 rings (SSSR count). The van der Waals surface area contributed by atoms with Crippen LogP contribution in [0.3, 0.4) is 0 Å². The third-order valence-corrected chi connectivity index (χ3v) is 5.23. The fraction of sp³-hybridized carbons (Fsp3) is 0.789. The van der Waals surface area contributed by atoms with Crippen LogP contribution < -0.4 is 4.74 Å². The van der Waals surface area contributed by atoms with E-state index in [1.54, 1.807) is 11.3 Å². The van der Waals surface area contributed by atoms with Crippen molar-refractivity contribution in [2.45, 2.75) is 90.4 Å². The van der Waals surface area contributed by atoms with Crippen LogP contribution in [0.1, 0.15) is 96.0 Å². The van der Waals surface area contributed by atoms with E-state index in [2.05, 4.69) is 25.3 Å². The molecule has 0 aliphatic heterocycles. The van der Waals surface area contributed by atoms with Gasteiger partial charge >= 0.3 is 0 Å². The van der Waals surface area contributed by atoms with Gasteiger partial charge in [0.05, 0.1) is 7.11 Å². The van der Waals surface area contributed by atoms with Crippen molar-refractivity contribution >= 4 is 11.3 Å². The van der Waals surface area contributed by atoms with Crippen LogP contribution in [0.25, 0.3) is 0 Å². The van der Waals surface area contributed by atoms with E-state index in [4.69, 9.17) is 4.74 Å². The monoisotopic (exact) mass is 310 g/mol. The molecule has 1 heterocycles. The van der Waals surface area contributed by atoms with E-state index in [1.165, 1.54) is 76.2 Å². The summed E-state index contributed by atoms with van der Waals surface area (Å²) in [7, 11) is 1.81. The highest BCUT2D eigenvalue weighted by molar-refractivity contribution is 7.12. The molecule has 0 bridgehead atoms. The Labute approximate surface area is 136 Å². The lowest BCUT2D eigenvalue weighted by molar-refractivity contribution is 0.410. The summed E-state index contributed by atoms with van der Waals surface area (Å²) in [6.07, 6.45) is 15.0. The molecule has 21 heavy (non-hydrogen) atoms. The van der Waals surface area contributed by atoms with Gasteiger partial charge in [0.15, 0.2) is 5.06 Å². The van der Waals surface area contributed by atoms with Gasteiger partial charge in [-0.15, -0.1) is 11.3 Å². The summed E-state index contributed by atoms with van der Waals surface area (Å²) in [5.74, 6) is 0.712. The van der Waals surface area contributed by atoms with Crippen LogP contribution in [-0.2, 0) is 0 Å². The molecule has 1 aromatic rings. The minimum absolute atomic E-state index is 0.712. The molecule has 0 aromatic carbocycles. The number of thiophene rings is 1. The molecule has 1 nitrogen and oxygen atoms in total. The normalized spacial score (nSPS) is 12.5. The Morgan fingerprint density at radius 3 is 2.14 bits per heavy atom. The predicted molar refractivity (Wildman–Crippen MR) is 95.7 cm³/mol. The molecule has 0 spiro atoms. The van der Waals surface area contributed by atoms with Gasteiger partial charge in [-0.2, -0.15) is 0 Å². The zero-order chi connectivity index (χ0) is 15.3. The lowest BCUT2D eigenvalue weighted by Crippen LogP contribution is -2.00. The molecule has 122 valence electrons. The van der Waals surface area contributed by atoms with E-state index in [-0.39, 0.29) is 0 Å². The van der Waals surface area contributed by atoms with E-state index in [1.807, 2.05) is 7.11 Å². The van der Waals surface area contributed by atoms with Crippen molar-refractivity contribution in [3.63, 3.8) is 0 Å². The minimum atomic E-state index is 0.712. The first-order valence-corrected chi connectivity index (χ1v) is 9.82. The zero-order valence-electron chi connectivity index (χ0n) is 14.3. The third kappa shape index (κ3) is 7.35. The molecule has 0 radical (unpaired) electrons. The van der Waals surface area contributed by atoms with Crippen molar-refractivity contribution in [1.29, 1.82) is 0 Å². The summed E-state index contributed by atoms with van der Waals surface area (Å²) in [5.41, 5.74) is 1.46. The van der Waals surface area contributed by atoms with E-state index >= 15 is 0 Å². The topological polar surface area (TPSA) is 9.23 Å². The van der Waals surface area contributed by atoms with Crippen LogP contribution in [-0.4, -0.2) is 7.11 Å². The van der Waals surface area contributed by atoms with E-state index < -0.39 is 0 Å². The van der Waals surface area contributed by atoms with Gasteiger partial charge in [0.1, 0.15) is 0 Å². The zero-order valence-corrected chi connectivity index (χ0v) is 15.1. The number of rotatable bonds is 13. The molecule has 0 aliphatic rings. The van der Waals surface area contributed by atoms with Gasteiger partial charge in [-0.25, -0.2) is 0 Å². The standard InChI is InChI=1S/C19H34OS/c1-4-6-8-9-10-12-14-17(13-11-7-5-2)18-15-16-21-19(18)20-3/h15-17H,4-14H2,1-3H3. The number of hydrogen-bond donors (Lipinski definition) is 0. The van der Waals surface area contributed by atoms with Gasteiger partial charge in [0.25, 0.3) is 0 Å². The number of hydrogen-bond acceptors (Lipinski definition) is 2. The molecule has 0 saturated carbocycles. The molecular weight excluding hydrogens is 276 g/mol. The Kier molecular flexibility index (Phi) is 10.7. The van der Waals surface area contributed by atoms with Gasteiger partial charge in [0, 0.05) is 5.56 Å². The van der Waals surface area contributed by atoms with Crippen molar-refractivity contribution in [2.24, 2.45) is 0 Å². The fourth-order valence-corrected chi connectivity index (χ4v) is 3.85. The number of methoxy groups -OCH3 is 1.